The van der Waals surface area contributed by atoms with Gasteiger partial charge in [0.2, 0.25) is 0 Å². The normalized spacial score (nSPS) is 17.5. The van der Waals surface area contributed by atoms with Gasteiger partial charge in [-0.1, -0.05) is 45.4 Å². The molecule has 24 heavy (non-hydrogen) atoms. The van der Waals surface area contributed by atoms with Gasteiger partial charge in [-0.3, -0.25) is 0 Å². The summed E-state index contributed by atoms with van der Waals surface area (Å²) >= 11 is 0. The van der Waals surface area contributed by atoms with Gasteiger partial charge in [0.05, 0.1) is 27.2 Å². The van der Waals surface area contributed by atoms with Crippen LogP contribution < -0.4 is 0 Å². The second-order valence-corrected chi connectivity index (χ2v) is 7.62. The minimum atomic E-state index is -1.55. The molecule has 0 spiro atoms. The summed E-state index contributed by atoms with van der Waals surface area (Å²) in [6, 6.07) is 0. The Morgan fingerprint density at radius 1 is 0.708 bits per heavy atom. The van der Waals surface area contributed by atoms with Gasteiger partial charge in [0, 0.05) is 0 Å². The van der Waals surface area contributed by atoms with E-state index in [1.165, 1.54) is 38.5 Å². The molecule has 0 aliphatic heterocycles. The first kappa shape index (κ1) is 23.8. The molecule has 0 aromatic heterocycles. The third kappa shape index (κ3) is 10.6. The summed E-state index contributed by atoms with van der Waals surface area (Å²) in [5, 5.41) is 47.8. The molecule has 4 atom stereocenters. The van der Waals surface area contributed by atoms with Crippen LogP contribution >= 0.6 is 0 Å². The second-order valence-electron chi connectivity index (χ2n) is 7.62. The molecule has 0 fully saturated rings. The van der Waals surface area contributed by atoms with Crippen molar-refractivity contribution in [3.63, 3.8) is 0 Å². The third-order valence-corrected chi connectivity index (χ3v) is 4.62. The maximum atomic E-state index is 10.1. The van der Waals surface area contributed by atoms with E-state index in [9.17, 15) is 20.4 Å². The van der Waals surface area contributed by atoms with Crippen LogP contribution in [-0.4, -0.2) is 88.2 Å². The van der Waals surface area contributed by atoms with E-state index in [-0.39, 0.29) is 6.54 Å². The number of likely N-dealkylation sites (N-methyl/N-ethyl adjacent to an activating group) is 1. The molecule has 0 bridgehead atoms. The maximum absolute atomic E-state index is 10.1. The summed E-state index contributed by atoms with van der Waals surface area (Å²) < 4.78 is 0.538. The van der Waals surface area contributed by atoms with Crippen LogP contribution in [0.2, 0.25) is 0 Å². The maximum Gasteiger partial charge on any atom is 0.131 e. The quantitative estimate of drug-likeness (QED) is 0.220. The van der Waals surface area contributed by atoms with E-state index in [1.54, 1.807) is 0 Å². The standard InChI is InChI=1S/C18H40NO5/c1-4-5-6-7-8-9-10-11-12-19(2,3)13-15(21)17(23)18(24)16(22)14-20/h15-18,20-24H,4-14H2,1-3H3/q+1/t15-,16+,17+,18+/m0/s1. The molecule has 0 radical (unpaired) electrons. The number of hydrogen-bond donors (Lipinski definition) is 5. The first-order chi connectivity index (χ1) is 11.2. The van der Waals surface area contributed by atoms with Gasteiger partial charge in [-0.15, -0.1) is 0 Å². The van der Waals surface area contributed by atoms with Crippen LogP contribution in [0.15, 0.2) is 0 Å². The van der Waals surface area contributed by atoms with Crippen molar-refractivity contribution >= 4 is 0 Å². The number of nitrogens with zero attached hydrogens (tertiary/aromatic N) is 1. The van der Waals surface area contributed by atoms with Crippen molar-refractivity contribution in [3.05, 3.63) is 0 Å². The summed E-state index contributed by atoms with van der Waals surface area (Å²) in [4.78, 5) is 0. The second kappa shape index (κ2) is 13.0. The zero-order chi connectivity index (χ0) is 18.6. The Morgan fingerprint density at radius 2 is 1.17 bits per heavy atom. The lowest BCUT2D eigenvalue weighted by molar-refractivity contribution is -0.894. The van der Waals surface area contributed by atoms with Crippen LogP contribution in [-0.2, 0) is 0 Å². The van der Waals surface area contributed by atoms with E-state index < -0.39 is 31.0 Å². The van der Waals surface area contributed by atoms with Crippen LogP contribution in [0.3, 0.4) is 0 Å². The Hall–Kier alpha value is -0.240. The number of hydrogen-bond acceptors (Lipinski definition) is 5. The lowest BCUT2D eigenvalue weighted by atomic mass is 10.0. The average molecular weight is 351 g/mol. The number of unbranched alkanes of at least 4 members (excludes halogenated alkanes) is 7. The van der Waals surface area contributed by atoms with Crippen molar-refractivity contribution in [2.24, 2.45) is 0 Å². The SMILES string of the molecule is CCCCCCCCCC[N+](C)(C)C[C@H](O)[C@@H](O)[C@H](O)[C@H](O)CO. The van der Waals surface area contributed by atoms with E-state index in [2.05, 4.69) is 6.92 Å². The predicted molar refractivity (Wildman–Crippen MR) is 95.6 cm³/mol. The van der Waals surface area contributed by atoms with Gasteiger partial charge < -0.3 is 30.0 Å². The van der Waals surface area contributed by atoms with Crippen LogP contribution in [0.1, 0.15) is 58.3 Å². The minimum absolute atomic E-state index is 0.285. The van der Waals surface area contributed by atoms with E-state index in [1.807, 2.05) is 14.1 Å². The molecule has 146 valence electrons. The molecular weight excluding hydrogens is 310 g/mol. The fourth-order valence-electron chi connectivity index (χ4n) is 2.94. The van der Waals surface area contributed by atoms with Gasteiger partial charge in [-0.25, -0.2) is 0 Å². The lowest BCUT2D eigenvalue weighted by Gasteiger charge is -2.34. The van der Waals surface area contributed by atoms with Gasteiger partial charge in [0.25, 0.3) is 0 Å². The predicted octanol–water partition coefficient (Wildman–Crippen LogP) is 0.639. The van der Waals surface area contributed by atoms with E-state index in [0.717, 1.165) is 19.4 Å². The van der Waals surface area contributed by atoms with Crippen molar-refractivity contribution in [2.45, 2.75) is 82.7 Å². The molecule has 0 aliphatic rings. The van der Waals surface area contributed by atoms with E-state index in [0.29, 0.717) is 4.48 Å². The molecule has 0 unspecified atom stereocenters. The Balaban J connectivity index is 3.98. The Labute approximate surface area is 147 Å². The summed E-state index contributed by atoms with van der Waals surface area (Å²) in [7, 11) is 3.96. The number of quaternary nitrogens is 1. The summed E-state index contributed by atoms with van der Waals surface area (Å²) in [6.07, 6.45) is 4.34. The highest BCUT2D eigenvalue weighted by molar-refractivity contribution is 4.80. The van der Waals surface area contributed by atoms with Gasteiger partial charge in [-0.05, 0) is 12.8 Å². The smallest absolute Gasteiger partial charge is 0.131 e. The van der Waals surface area contributed by atoms with Crippen LogP contribution in [0, 0.1) is 0 Å². The molecule has 0 aliphatic carbocycles. The first-order valence-corrected chi connectivity index (χ1v) is 9.40. The number of aliphatic hydroxyl groups excluding tert-OH is 5. The Kier molecular flexibility index (Phi) is 12.9. The molecule has 0 aromatic carbocycles. The monoisotopic (exact) mass is 350 g/mol. The van der Waals surface area contributed by atoms with Gasteiger partial charge in [-0.2, -0.15) is 0 Å². The van der Waals surface area contributed by atoms with Gasteiger partial charge in [0.15, 0.2) is 0 Å². The average Bonchev–Trinajstić information content (AvgIpc) is 2.54. The molecular formula is C18H40NO5+. The highest BCUT2D eigenvalue weighted by atomic mass is 16.4. The molecule has 6 nitrogen and oxygen atoms in total. The summed E-state index contributed by atoms with van der Waals surface area (Å²) in [6.45, 7) is 2.74. The fraction of sp³-hybridized carbons (Fsp3) is 1.00. The van der Waals surface area contributed by atoms with Crippen molar-refractivity contribution in [1.29, 1.82) is 0 Å². The van der Waals surface area contributed by atoms with Crippen LogP contribution in [0.5, 0.6) is 0 Å². The minimum Gasteiger partial charge on any atom is -0.394 e. The fourth-order valence-corrected chi connectivity index (χ4v) is 2.94. The highest BCUT2D eigenvalue weighted by Crippen LogP contribution is 2.13. The largest absolute Gasteiger partial charge is 0.394 e. The highest BCUT2D eigenvalue weighted by Gasteiger charge is 2.33. The Bertz CT molecular complexity index is 301. The van der Waals surface area contributed by atoms with Gasteiger partial charge >= 0.3 is 0 Å². The molecule has 0 saturated heterocycles. The molecule has 0 heterocycles. The van der Waals surface area contributed by atoms with Crippen LogP contribution in [0.4, 0.5) is 0 Å². The molecule has 0 saturated carbocycles. The molecule has 0 amide bonds. The Morgan fingerprint density at radius 3 is 1.67 bits per heavy atom. The van der Waals surface area contributed by atoms with E-state index >= 15 is 0 Å². The molecule has 0 rings (SSSR count). The number of aliphatic hydroxyl groups is 5. The van der Waals surface area contributed by atoms with E-state index in [4.69, 9.17) is 5.11 Å². The number of rotatable bonds is 15. The van der Waals surface area contributed by atoms with Crippen molar-refractivity contribution < 1.29 is 30.0 Å². The van der Waals surface area contributed by atoms with Gasteiger partial charge in [0.1, 0.15) is 31.0 Å². The third-order valence-electron chi connectivity index (χ3n) is 4.62. The molecule has 6 heteroatoms. The molecule has 0 aromatic rings. The van der Waals surface area contributed by atoms with Crippen molar-refractivity contribution in [1.82, 2.24) is 0 Å². The lowest BCUT2D eigenvalue weighted by Crippen LogP contribution is -2.54. The molecule has 5 N–H and O–H groups in total. The van der Waals surface area contributed by atoms with Crippen molar-refractivity contribution in [2.75, 3.05) is 33.8 Å². The van der Waals surface area contributed by atoms with Crippen molar-refractivity contribution in [3.8, 4) is 0 Å². The zero-order valence-electron chi connectivity index (χ0n) is 15.8. The van der Waals surface area contributed by atoms with Crippen LogP contribution in [0.25, 0.3) is 0 Å². The topological polar surface area (TPSA) is 101 Å². The summed E-state index contributed by atoms with van der Waals surface area (Å²) in [5.74, 6) is 0. The zero-order valence-corrected chi connectivity index (χ0v) is 15.8. The summed E-state index contributed by atoms with van der Waals surface area (Å²) in [5.41, 5.74) is 0. The first-order valence-electron chi connectivity index (χ1n) is 9.40.